The minimum atomic E-state index is -0.136. The van der Waals surface area contributed by atoms with Crippen molar-refractivity contribution in [3.05, 3.63) is 23.4 Å². The summed E-state index contributed by atoms with van der Waals surface area (Å²) in [4.78, 5) is 18.7. The molecule has 1 aromatic rings. The van der Waals surface area contributed by atoms with E-state index in [4.69, 9.17) is 11.6 Å². The van der Waals surface area contributed by atoms with Crippen molar-refractivity contribution in [1.82, 2.24) is 15.2 Å². The van der Waals surface area contributed by atoms with Gasteiger partial charge in [-0.1, -0.05) is 11.6 Å². The maximum atomic E-state index is 12.3. The summed E-state index contributed by atoms with van der Waals surface area (Å²) >= 11 is 5.79. The zero-order valence-corrected chi connectivity index (χ0v) is 15.3. The van der Waals surface area contributed by atoms with Gasteiger partial charge in [0.2, 0.25) is 5.91 Å². The van der Waals surface area contributed by atoms with Crippen LogP contribution in [0.5, 0.6) is 0 Å². The maximum Gasteiger partial charge on any atom is 0.242 e. The molecular formula is C16H26Cl2N4O. The Hall–Kier alpha value is -0.880. The van der Waals surface area contributed by atoms with Gasteiger partial charge in [-0.2, -0.15) is 0 Å². The molecule has 0 aliphatic carbocycles. The lowest BCUT2D eigenvalue weighted by Crippen LogP contribution is -2.46. The molecule has 2 heterocycles. The number of rotatable bonds is 6. The fourth-order valence-corrected chi connectivity index (χ4v) is 2.94. The van der Waals surface area contributed by atoms with Crippen LogP contribution in [0.25, 0.3) is 0 Å². The molecule has 7 heteroatoms. The summed E-state index contributed by atoms with van der Waals surface area (Å²) in [6.45, 7) is 5.00. The Labute approximate surface area is 149 Å². The lowest BCUT2D eigenvalue weighted by molar-refractivity contribution is -0.121. The molecule has 1 unspecified atom stereocenters. The van der Waals surface area contributed by atoms with Gasteiger partial charge in [0.25, 0.3) is 0 Å². The highest BCUT2D eigenvalue weighted by atomic mass is 35.5. The molecule has 0 radical (unpaired) electrons. The van der Waals surface area contributed by atoms with E-state index in [0.29, 0.717) is 10.8 Å². The molecule has 1 saturated heterocycles. The molecule has 1 aromatic heterocycles. The Morgan fingerprint density at radius 1 is 1.43 bits per heavy atom. The molecule has 23 heavy (non-hydrogen) atoms. The zero-order valence-electron chi connectivity index (χ0n) is 13.7. The summed E-state index contributed by atoms with van der Waals surface area (Å²) in [7, 11) is 1.99. The zero-order chi connectivity index (χ0) is 15.9. The molecule has 0 saturated carbocycles. The number of carbonyl (C=O) groups is 1. The Kier molecular flexibility index (Phi) is 8.84. The highest BCUT2D eigenvalue weighted by Crippen LogP contribution is 2.22. The van der Waals surface area contributed by atoms with Crippen LogP contribution in [-0.4, -0.2) is 48.5 Å². The molecule has 5 nitrogen and oxygen atoms in total. The molecular weight excluding hydrogens is 335 g/mol. The van der Waals surface area contributed by atoms with Gasteiger partial charge in [0, 0.05) is 6.20 Å². The molecule has 0 aromatic carbocycles. The molecule has 2 rings (SSSR count). The average molecular weight is 361 g/mol. The van der Waals surface area contributed by atoms with Crippen LogP contribution < -0.4 is 10.6 Å². The highest BCUT2D eigenvalue weighted by molar-refractivity contribution is 6.30. The standard InChI is InChI=1S/C16H25ClN4O.ClH/c1-12(16(22)20-15-4-3-14(17)11-19-15)21-9-6-13(7-10-21)5-8-18-2;/h3-4,11-13,18H,5-10H2,1-2H3,(H,19,20,22);1H. The molecule has 1 atom stereocenters. The van der Waals surface area contributed by atoms with E-state index >= 15 is 0 Å². The fourth-order valence-electron chi connectivity index (χ4n) is 2.82. The van der Waals surface area contributed by atoms with Crippen molar-refractivity contribution in [2.75, 3.05) is 32.0 Å². The summed E-state index contributed by atoms with van der Waals surface area (Å²) < 4.78 is 0. The predicted octanol–water partition coefficient (Wildman–Crippen LogP) is 2.81. The predicted molar refractivity (Wildman–Crippen MR) is 97.4 cm³/mol. The van der Waals surface area contributed by atoms with Crippen molar-refractivity contribution in [1.29, 1.82) is 0 Å². The van der Waals surface area contributed by atoms with Crippen LogP contribution in [0.3, 0.4) is 0 Å². The monoisotopic (exact) mass is 360 g/mol. The number of hydrogen-bond acceptors (Lipinski definition) is 4. The normalized spacial score (nSPS) is 17.3. The highest BCUT2D eigenvalue weighted by Gasteiger charge is 2.26. The van der Waals surface area contributed by atoms with Gasteiger partial charge in [-0.3, -0.25) is 9.69 Å². The number of amides is 1. The van der Waals surface area contributed by atoms with Gasteiger partial charge in [0.05, 0.1) is 11.1 Å². The topological polar surface area (TPSA) is 57.3 Å². The largest absolute Gasteiger partial charge is 0.320 e. The third-order valence-corrected chi connectivity index (χ3v) is 4.58. The van der Waals surface area contributed by atoms with Crippen molar-refractivity contribution >= 4 is 35.7 Å². The van der Waals surface area contributed by atoms with Crippen LogP contribution in [0, 0.1) is 5.92 Å². The van der Waals surface area contributed by atoms with E-state index < -0.39 is 0 Å². The van der Waals surface area contributed by atoms with E-state index in [9.17, 15) is 4.79 Å². The van der Waals surface area contributed by atoms with Crippen molar-refractivity contribution in [2.24, 2.45) is 5.92 Å². The molecule has 1 aliphatic rings. The van der Waals surface area contributed by atoms with Crippen molar-refractivity contribution < 1.29 is 4.79 Å². The minimum Gasteiger partial charge on any atom is -0.320 e. The summed E-state index contributed by atoms with van der Waals surface area (Å²) in [5.74, 6) is 1.31. The smallest absolute Gasteiger partial charge is 0.242 e. The van der Waals surface area contributed by atoms with Gasteiger partial charge in [-0.15, -0.1) is 12.4 Å². The average Bonchev–Trinajstić information content (AvgIpc) is 2.55. The molecule has 1 amide bonds. The van der Waals surface area contributed by atoms with Crippen molar-refractivity contribution in [3.63, 3.8) is 0 Å². The number of aromatic nitrogens is 1. The summed E-state index contributed by atoms with van der Waals surface area (Å²) in [5.41, 5.74) is 0. The van der Waals surface area contributed by atoms with Gasteiger partial charge in [0.15, 0.2) is 0 Å². The van der Waals surface area contributed by atoms with Crippen LogP contribution in [0.1, 0.15) is 26.2 Å². The van der Waals surface area contributed by atoms with Crippen LogP contribution in [0.4, 0.5) is 5.82 Å². The van der Waals surface area contributed by atoms with Gasteiger partial charge in [0.1, 0.15) is 5.82 Å². The number of likely N-dealkylation sites (tertiary alicyclic amines) is 1. The van der Waals surface area contributed by atoms with E-state index in [1.807, 2.05) is 14.0 Å². The third kappa shape index (κ3) is 6.26. The molecule has 130 valence electrons. The van der Waals surface area contributed by atoms with Crippen LogP contribution in [0.2, 0.25) is 5.02 Å². The first-order valence-electron chi connectivity index (χ1n) is 7.91. The molecule has 1 aliphatic heterocycles. The number of pyridine rings is 1. The van der Waals surface area contributed by atoms with E-state index in [1.54, 1.807) is 12.1 Å². The Morgan fingerprint density at radius 3 is 2.70 bits per heavy atom. The Morgan fingerprint density at radius 2 is 2.13 bits per heavy atom. The number of piperidine rings is 1. The van der Waals surface area contributed by atoms with Gasteiger partial charge >= 0.3 is 0 Å². The van der Waals surface area contributed by atoms with E-state index in [-0.39, 0.29) is 24.4 Å². The number of carbonyl (C=O) groups excluding carboxylic acids is 1. The second-order valence-electron chi connectivity index (χ2n) is 5.90. The fraction of sp³-hybridized carbons (Fsp3) is 0.625. The SMILES string of the molecule is CNCCC1CCN(C(C)C(=O)Nc2ccc(Cl)cn2)CC1.Cl. The van der Waals surface area contributed by atoms with Gasteiger partial charge < -0.3 is 10.6 Å². The first-order valence-corrected chi connectivity index (χ1v) is 8.29. The van der Waals surface area contributed by atoms with E-state index in [2.05, 4.69) is 20.5 Å². The number of hydrogen-bond donors (Lipinski definition) is 2. The molecule has 1 fully saturated rings. The summed E-state index contributed by atoms with van der Waals surface area (Å²) in [6, 6.07) is 3.31. The number of halogens is 2. The maximum absolute atomic E-state index is 12.3. The Bertz CT molecular complexity index is 475. The number of anilines is 1. The first kappa shape index (κ1) is 20.2. The summed E-state index contributed by atoms with van der Waals surface area (Å²) in [6.07, 6.45) is 5.09. The van der Waals surface area contributed by atoms with E-state index in [1.165, 1.54) is 25.5 Å². The molecule has 2 N–H and O–H groups in total. The minimum absolute atomic E-state index is 0. The second kappa shape index (κ2) is 10.1. The lowest BCUT2D eigenvalue weighted by atomic mass is 9.93. The van der Waals surface area contributed by atoms with Gasteiger partial charge in [-0.25, -0.2) is 4.98 Å². The first-order chi connectivity index (χ1) is 10.6. The van der Waals surface area contributed by atoms with Crippen LogP contribution in [-0.2, 0) is 4.79 Å². The quantitative estimate of drug-likeness (QED) is 0.818. The molecule has 0 spiro atoms. The number of nitrogens with one attached hydrogen (secondary N) is 2. The number of nitrogens with zero attached hydrogens (tertiary/aromatic N) is 2. The van der Waals surface area contributed by atoms with E-state index in [0.717, 1.165) is 25.6 Å². The third-order valence-electron chi connectivity index (χ3n) is 4.36. The van der Waals surface area contributed by atoms with Gasteiger partial charge in [-0.05, 0) is 70.9 Å². The van der Waals surface area contributed by atoms with Crippen LogP contribution >= 0.6 is 24.0 Å². The van der Waals surface area contributed by atoms with Crippen molar-refractivity contribution in [2.45, 2.75) is 32.2 Å². The summed E-state index contributed by atoms with van der Waals surface area (Å²) in [5, 5.41) is 6.62. The second-order valence-corrected chi connectivity index (χ2v) is 6.33. The lowest BCUT2D eigenvalue weighted by Gasteiger charge is -2.35. The Balaban J connectivity index is 0.00000264. The molecule has 0 bridgehead atoms. The van der Waals surface area contributed by atoms with Crippen molar-refractivity contribution in [3.8, 4) is 0 Å². The van der Waals surface area contributed by atoms with Crippen LogP contribution in [0.15, 0.2) is 18.3 Å².